The van der Waals surface area contributed by atoms with E-state index in [-0.39, 0.29) is 11.2 Å². The number of thiophene rings is 1. The standard InChI is InChI=1S/C15H10ClN3O2S/c16-14-6-8-5-12(22-13(8)7-17-14)10-3-1-9-2-4-11(15(20)21)19(9)18-10/h1-5,7,14H,6H2,(H,20,21). The van der Waals surface area contributed by atoms with Gasteiger partial charge in [0.05, 0.1) is 10.4 Å². The summed E-state index contributed by atoms with van der Waals surface area (Å²) in [6.07, 6.45) is 2.50. The number of carbonyl (C=O) groups is 1. The van der Waals surface area contributed by atoms with E-state index in [2.05, 4.69) is 16.2 Å². The highest BCUT2D eigenvalue weighted by atomic mass is 35.5. The van der Waals surface area contributed by atoms with Gasteiger partial charge in [-0.15, -0.1) is 11.3 Å². The molecule has 0 amide bonds. The maximum Gasteiger partial charge on any atom is 0.354 e. The number of halogens is 1. The molecule has 0 bridgehead atoms. The first-order chi connectivity index (χ1) is 10.6. The summed E-state index contributed by atoms with van der Waals surface area (Å²) in [5, 5.41) is 13.7. The average molecular weight is 332 g/mol. The van der Waals surface area contributed by atoms with Crippen LogP contribution in [0, 0.1) is 0 Å². The monoisotopic (exact) mass is 331 g/mol. The van der Waals surface area contributed by atoms with Gasteiger partial charge in [0.2, 0.25) is 0 Å². The number of nitrogens with zero attached hydrogens (tertiary/aromatic N) is 3. The van der Waals surface area contributed by atoms with Crippen molar-refractivity contribution in [1.82, 2.24) is 9.61 Å². The SMILES string of the molecule is O=C(O)c1ccc2ccc(-c3cc4c(s3)C=NC(Cl)C4)nn12. The summed E-state index contributed by atoms with van der Waals surface area (Å²) in [6.45, 7) is 0. The summed E-state index contributed by atoms with van der Waals surface area (Å²) in [5.74, 6) is -0.993. The Morgan fingerprint density at radius 2 is 2.18 bits per heavy atom. The highest BCUT2D eigenvalue weighted by Gasteiger charge is 2.18. The third kappa shape index (κ3) is 2.12. The molecular formula is C15H10ClN3O2S. The van der Waals surface area contributed by atoms with Crippen LogP contribution in [0.2, 0.25) is 0 Å². The van der Waals surface area contributed by atoms with Gasteiger partial charge >= 0.3 is 5.97 Å². The smallest absolute Gasteiger partial charge is 0.354 e. The van der Waals surface area contributed by atoms with Crippen LogP contribution < -0.4 is 0 Å². The Labute approximate surface area is 134 Å². The van der Waals surface area contributed by atoms with Crippen LogP contribution in [0.15, 0.2) is 35.3 Å². The topological polar surface area (TPSA) is 67.0 Å². The normalized spacial score (nSPS) is 16.9. The Bertz CT molecular complexity index is 928. The lowest BCUT2D eigenvalue weighted by Crippen LogP contribution is -2.06. The minimum absolute atomic E-state index is 0.153. The zero-order valence-corrected chi connectivity index (χ0v) is 12.8. The van der Waals surface area contributed by atoms with E-state index in [0.717, 1.165) is 26.5 Å². The Morgan fingerprint density at radius 1 is 1.36 bits per heavy atom. The van der Waals surface area contributed by atoms with Crippen LogP contribution in [-0.4, -0.2) is 32.4 Å². The number of carboxylic acids is 1. The number of rotatable bonds is 2. The quantitative estimate of drug-likeness (QED) is 0.578. The van der Waals surface area contributed by atoms with Crippen molar-refractivity contribution in [3.8, 4) is 10.6 Å². The molecule has 0 fully saturated rings. The van der Waals surface area contributed by atoms with Crippen LogP contribution in [0.25, 0.3) is 16.1 Å². The largest absolute Gasteiger partial charge is 0.477 e. The van der Waals surface area contributed by atoms with Crippen LogP contribution in [-0.2, 0) is 6.42 Å². The molecule has 7 heteroatoms. The van der Waals surface area contributed by atoms with E-state index in [0.29, 0.717) is 6.42 Å². The van der Waals surface area contributed by atoms with Gasteiger partial charge in [0.25, 0.3) is 0 Å². The second kappa shape index (κ2) is 4.93. The predicted octanol–water partition coefficient (Wildman–Crippen LogP) is 3.30. The molecule has 1 unspecified atom stereocenters. The summed E-state index contributed by atoms with van der Waals surface area (Å²) in [7, 11) is 0. The molecule has 0 aromatic carbocycles. The molecule has 110 valence electrons. The number of aromatic carboxylic acids is 1. The van der Waals surface area contributed by atoms with Gasteiger partial charge in [-0.05, 0) is 35.9 Å². The molecule has 1 aliphatic heterocycles. The first kappa shape index (κ1) is 13.5. The van der Waals surface area contributed by atoms with E-state index in [1.165, 1.54) is 4.52 Å². The summed E-state index contributed by atoms with van der Waals surface area (Å²) in [6, 6.07) is 9.11. The van der Waals surface area contributed by atoms with Crippen molar-refractivity contribution in [3.63, 3.8) is 0 Å². The van der Waals surface area contributed by atoms with Gasteiger partial charge in [0.15, 0.2) is 5.69 Å². The average Bonchev–Trinajstić information content (AvgIpc) is 3.09. The Hall–Kier alpha value is -2.18. The molecule has 1 atom stereocenters. The Balaban J connectivity index is 1.83. The summed E-state index contributed by atoms with van der Waals surface area (Å²) in [5.41, 5.74) is 2.59. The number of alkyl halides is 1. The first-order valence-electron chi connectivity index (χ1n) is 6.64. The van der Waals surface area contributed by atoms with Crippen molar-refractivity contribution in [1.29, 1.82) is 0 Å². The maximum absolute atomic E-state index is 11.2. The minimum atomic E-state index is -0.993. The van der Waals surface area contributed by atoms with Crippen LogP contribution in [0.3, 0.4) is 0 Å². The van der Waals surface area contributed by atoms with E-state index < -0.39 is 5.97 Å². The maximum atomic E-state index is 11.2. The van der Waals surface area contributed by atoms with E-state index in [1.807, 2.05) is 12.1 Å². The first-order valence-corrected chi connectivity index (χ1v) is 7.89. The van der Waals surface area contributed by atoms with Crippen LogP contribution >= 0.6 is 22.9 Å². The van der Waals surface area contributed by atoms with Gasteiger partial charge in [0.1, 0.15) is 11.2 Å². The highest BCUT2D eigenvalue weighted by Crippen LogP contribution is 2.33. The minimum Gasteiger partial charge on any atom is -0.477 e. The van der Waals surface area contributed by atoms with Crippen molar-refractivity contribution in [2.45, 2.75) is 11.9 Å². The lowest BCUT2D eigenvalue weighted by atomic mass is 10.1. The second-order valence-corrected chi connectivity index (χ2v) is 6.58. The van der Waals surface area contributed by atoms with Crippen LogP contribution in [0.4, 0.5) is 0 Å². The molecule has 3 aromatic heterocycles. The predicted molar refractivity (Wildman–Crippen MR) is 86.4 cm³/mol. The molecule has 1 aliphatic rings. The van der Waals surface area contributed by atoms with Gasteiger partial charge in [-0.3, -0.25) is 4.99 Å². The number of hydrogen-bond donors (Lipinski definition) is 1. The lowest BCUT2D eigenvalue weighted by molar-refractivity contribution is 0.0688. The fraction of sp³-hybridized carbons (Fsp3) is 0.133. The van der Waals surface area contributed by atoms with E-state index in [9.17, 15) is 9.90 Å². The number of aliphatic imine (C=N–C) groups is 1. The second-order valence-electron chi connectivity index (χ2n) is 5.00. The van der Waals surface area contributed by atoms with E-state index >= 15 is 0 Å². The molecule has 0 radical (unpaired) electrons. The van der Waals surface area contributed by atoms with Crippen molar-refractivity contribution >= 4 is 40.6 Å². The molecule has 1 N–H and O–H groups in total. The number of aromatic nitrogens is 2. The molecular weight excluding hydrogens is 322 g/mol. The van der Waals surface area contributed by atoms with Crippen molar-refractivity contribution in [3.05, 3.63) is 46.5 Å². The molecule has 0 aliphatic carbocycles. The zero-order valence-electron chi connectivity index (χ0n) is 11.2. The summed E-state index contributed by atoms with van der Waals surface area (Å²) in [4.78, 5) is 17.5. The fourth-order valence-corrected chi connectivity index (χ4v) is 3.76. The molecule has 4 rings (SSSR count). The van der Waals surface area contributed by atoms with Gasteiger partial charge in [-0.2, -0.15) is 5.10 Å². The van der Waals surface area contributed by atoms with Crippen LogP contribution in [0.1, 0.15) is 20.9 Å². The molecule has 4 heterocycles. The lowest BCUT2D eigenvalue weighted by Gasteiger charge is -2.07. The summed E-state index contributed by atoms with van der Waals surface area (Å²) < 4.78 is 1.45. The number of fused-ring (bicyclic) bond motifs is 2. The van der Waals surface area contributed by atoms with E-state index in [4.69, 9.17) is 11.6 Å². The molecule has 5 nitrogen and oxygen atoms in total. The van der Waals surface area contributed by atoms with Gasteiger partial charge < -0.3 is 5.11 Å². The summed E-state index contributed by atoms with van der Waals surface area (Å²) >= 11 is 7.63. The number of hydrogen-bond acceptors (Lipinski definition) is 4. The van der Waals surface area contributed by atoms with E-state index in [1.54, 1.807) is 29.7 Å². The Morgan fingerprint density at radius 3 is 3.00 bits per heavy atom. The highest BCUT2D eigenvalue weighted by molar-refractivity contribution is 7.17. The molecule has 0 spiro atoms. The molecule has 0 saturated carbocycles. The number of carboxylic acid groups (broad SMARTS) is 1. The van der Waals surface area contributed by atoms with Crippen molar-refractivity contribution in [2.24, 2.45) is 4.99 Å². The van der Waals surface area contributed by atoms with Crippen molar-refractivity contribution < 1.29 is 9.90 Å². The van der Waals surface area contributed by atoms with Gasteiger partial charge in [0, 0.05) is 17.5 Å². The Kier molecular flexibility index (Phi) is 3.02. The third-order valence-corrected chi connectivity index (χ3v) is 4.96. The van der Waals surface area contributed by atoms with Gasteiger partial charge in [-0.25, -0.2) is 9.31 Å². The molecule has 3 aromatic rings. The van der Waals surface area contributed by atoms with Crippen LogP contribution in [0.5, 0.6) is 0 Å². The fourth-order valence-electron chi connectivity index (χ4n) is 2.50. The molecule has 0 saturated heterocycles. The van der Waals surface area contributed by atoms with Gasteiger partial charge in [-0.1, -0.05) is 11.6 Å². The van der Waals surface area contributed by atoms with Crippen molar-refractivity contribution in [2.75, 3.05) is 0 Å². The molecule has 22 heavy (non-hydrogen) atoms. The zero-order chi connectivity index (χ0) is 15.3. The third-order valence-electron chi connectivity index (χ3n) is 3.56.